The van der Waals surface area contributed by atoms with E-state index in [-0.39, 0.29) is 17.6 Å². The maximum Gasteiger partial charge on any atom is 0.259 e. The van der Waals surface area contributed by atoms with Crippen LogP contribution < -0.4 is 19.7 Å². The van der Waals surface area contributed by atoms with Crippen LogP contribution in [-0.4, -0.2) is 76.1 Å². The van der Waals surface area contributed by atoms with E-state index in [0.717, 1.165) is 38.4 Å². The number of rotatable bonds is 8. The van der Waals surface area contributed by atoms with Crippen LogP contribution in [0, 0.1) is 0 Å². The lowest BCUT2D eigenvalue weighted by molar-refractivity contribution is 0.102. The molecule has 1 amide bonds. The monoisotopic (exact) mass is 488 g/mol. The molecule has 0 saturated carbocycles. The van der Waals surface area contributed by atoms with Gasteiger partial charge in [-0.25, -0.2) is 8.42 Å². The first-order chi connectivity index (χ1) is 16.4. The number of fused-ring (bicyclic) bond motifs is 1. The van der Waals surface area contributed by atoms with Crippen molar-refractivity contribution in [1.82, 2.24) is 9.21 Å². The van der Waals surface area contributed by atoms with E-state index in [1.165, 1.54) is 4.31 Å². The zero-order valence-corrected chi connectivity index (χ0v) is 20.7. The molecule has 9 nitrogen and oxygen atoms in total. The Morgan fingerprint density at radius 1 is 1.03 bits per heavy atom. The van der Waals surface area contributed by atoms with Gasteiger partial charge in [-0.15, -0.1) is 0 Å². The highest BCUT2D eigenvalue weighted by molar-refractivity contribution is 7.89. The number of benzene rings is 2. The highest BCUT2D eigenvalue weighted by Gasteiger charge is 2.27. The molecule has 2 aromatic carbocycles. The van der Waals surface area contributed by atoms with Crippen molar-refractivity contribution in [2.45, 2.75) is 25.7 Å². The number of hydrogen-bond donors (Lipinski definition) is 1. The van der Waals surface area contributed by atoms with E-state index in [4.69, 9.17) is 9.47 Å². The van der Waals surface area contributed by atoms with Crippen molar-refractivity contribution in [2.24, 2.45) is 0 Å². The van der Waals surface area contributed by atoms with Crippen LogP contribution in [0.4, 0.5) is 11.4 Å². The van der Waals surface area contributed by atoms with Gasteiger partial charge in [-0.2, -0.15) is 4.31 Å². The van der Waals surface area contributed by atoms with E-state index < -0.39 is 10.0 Å². The molecule has 1 fully saturated rings. The number of likely N-dealkylation sites (N-methyl/N-ethyl adjacent to an activating group) is 1. The van der Waals surface area contributed by atoms with E-state index in [1.54, 1.807) is 36.4 Å². The number of carbonyl (C=O) groups is 1. The highest BCUT2D eigenvalue weighted by Crippen LogP contribution is 2.37. The largest absolute Gasteiger partial charge is 0.454 e. The molecular weight excluding hydrogens is 456 g/mol. The summed E-state index contributed by atoms with van der Waals surface area (Å²) in [6, 6.07) is 10.1. The Kier molecular flexibility index (Phi) is 7.30. The summed E-state index contributed by atoms with van der Waals surface area (Å²) < 4.78 is 38.7. The van der Waals surface area contributed by atoms with Crippen molar-refractivity contribution in [3.05, 3.63) is 42.0 Å². The lowest BCUT2D eigenvalue weighted by atomic mass is 10.1. The molecule has 0 aliphatic carbocycles. The van der Waals surface area contributed by atoms with Crippen LogP contribution in [0.1, 0.15) is 31.1 Å². The van der Waals surface area contributed by atoms with Gasteiger partial charge in [0.2, 0.25) is 16.8 Å². The smallest absolute Gasteiger partial charge is 0.259 e. The summed E-state index contributed by atoms with van der Waals surface area (Å²) in [5.74, 6) is 0.527. The van der Waals surface area contributed by atoms with Crippen molar-refractivity contribution in [3.63, 3.8) is 0 Å². The summed E-state index contributed by atoms with van der Waals surface area (Å²) in [7, 11) is -3.68. The lowest BCUT2D eigenvalue weighted by Crippen LogP contribution is -2.46. The fourth-order valence-corrected chi connectivity index (χ4v) is 5.85. The Morgan fingerprint density at radius 2 is 1.76 bits per heavy atom. The van der Waals surface area contributed by atoms with Crippen molar-refractivity contribution >= 4 is 27.3 Å². The normalized spacial score (nSPS) is 16.2. The summed E-state index contributed by atoms with van der Waals surface area (Å²) in [6.45, 7) is 10.9. The van der Waals surface area contributed by atoms with Gasteiger partial charge in [0.1, 0.15) is 0 Å². The second kappa shape index (κ2) is 10.2. The van der Waals surface area contributed by atoms with Crippen molar-refractivity contribution in [2.75, 3.05) is 62.8 Å². The fraction of sp³-hybridized carbons (Fsp3) is 0.458. The molecule has 1 saturated heterocycles. The summed E-state index contributed by atoms with van der Waals surface area (Å²) in [6.07, 6.45) is 0. The third-order valence-corrected chi connectivity index (χ3v) is 8.41. The fourth-order valence-electron chi connectivity index (χ4n) is 4.37. The molecule has 2 heterocycles. The molecule has 10 heteroatoms. The molecule has 0 spiro atoms. The highest BCUT2D eigenvalue weighted by atomic mass is 32.2. The molecule has 0 atom stereocenters. The standard InChI is InChI=1S/C24H32N4O5S/c1-4-26-12-14-27(15-13-26)21-11-10-18(34(30,31)28(5-2)6-3)16-20(21)25-24(29)19-8-7-9-22-23(19)33-17-32-22/h7-11,16H,4-6,12-15,17H2,1-3H3,(H,25,29). The topological polar surface area (TPSA) is 91.4 Å². The van der Waals surface area contributed by atoms with Gasteiger partial charge in [0.25, 0.3) is 5.91 Å². The molecule has 0 bridgehead atoms. The number of amides is 1. The molecule has 2 aromatic rings. The molecule has 1 N–H and O–H groups in total. The Labute approximate surface area is 201 Å². The third-order valence-electron chi connectivity index (χ3n) is 6.36. The van der Waals surface area contributed by atoms with Gasteiger partial charge in [0, 0.05) is 39.3 Å². The summed E-state index contributed by atoms with van der Waals surface area (Å²) in [5.41, 5.74) is 1.60. The number of nitrogens with one attached hydrogen (secondary N) is 1. The van der Waals surface area contributed by atoms with Gasteiger partial charge in [-0.1, -0.05) is 26.8 Å². The zero-order valence-electron chi connectivity index (χ0n) is 19.9. The van der Waals surface area contributed by atoms with E-state index in [0.29, 0.717) is 35.8 Å². The first kappa shape index (κ1) is 24.3. The van der Waals surface area contributed by atoms with E-state index in [2.05, 4.69) is 22.0 Å². The van der Waals surface area contributed by atoms with Crippen LogP contribution in [0.2, 0.25) is 0 Å². The molecule has 0 aromatic heterocycles. The lowest BCUT2D eigenvalue weighted by Gasteiger charge is -2.36. The minimum absolute atomic E-state index is 0.0597. The average molecular weight is 489 g/mol. The molecule has 0 radical (unpaired) electrons. The summed E-state index contributed by atoms with van der Waals surface area (Å²) in [5, 5.41) is 2.95. The van der Waals surface area contributed by atoms with Crippen LogP contribution in [0.5, 0.6) is 11.5 Å². The average Bonchev–Trinajstić information content (AvgIpc) is 3.34. The first-order valence-electron chi connectivity index (χ1n) is 11.7. The predicted molar refractivity (Wildman–Crippen MR) is 131 cm³/mol. The number of sulfonamides is 1. The van der Waals surface area contributed by atoms with E-state index >= 15 is 0 Å². The van der Waals surface area contributed by atoms with Crippen LogP contribution in [0.15, 0.2) is 41.3 Å². The van der Waals surface area contributed by atoms with Gasteiger partial charge < -0.3 is 24.6 Å². The van der Waals surface area contributed by atoms with Crippen LogP contribution in [-0.2, 0) is 10.0 Å². The molecule has 184 valence electrons. The van der Waals surface area contributed by atoms with Crippen molar-refractivity contribution in [3.8, 4) is 11.5 Å². The van der Waals surface area contributed by atoms with E-state index in [1.807, 2.05) is 13.8 Å². The van der Waals surface area contributed by atoms with Crippen molar-refractivity contribution in [1.29, 1.82) is 0 Å². The zero-order chi connectivity index (χ0) is 24.3. The van der Waals surface area contributed by atoms with Gasteiger partial charge >= 0.3 is 0 Å². The number of ether oxygens (including phenoxy) is 2. The Bertz CT molecular complexity index is 1140. The van der Waals surface area contributed by atoms with Gasteiger partial charge in [0.15, 0.2) is 11.5 Å². The minimum Gasteiger partial charge on any atom is -0.454 e. The Hall–Kier alpha value is -2.82. The quantitative estimate of drug-likeness (QED) is 0.611. The Morgan fingerprint density at radius 3 is 2.44 bits per heavy atom. The molecule has 34 heavy (non-hydrogen) atoms. The molecule has 2 aliphatic rings. The number of hydrogen-bond acceptors (Lipinski definition) is 7. The SMILES string of the molecule is CCN1CCN(c2ccc(S(=O)(=O)N(CC)CC)cc2NC(=O)c2cccc3c2OCO3)CC1. The first-order valence-corrected chi connectivity index (χ1v) is 13.1. The second-order valence-electron chi connectivity index (χ2n) is 8.18. The predicted octanol–water partition coefficient (Wildman–Crippen LogP) is 2.84. The van der Waals surface area contributed by atoms with Crippen LogP contribution in [0.3, 0.4) is 0 Å². The maximum absolute atomic E-state index is 13.3. The molecule has 4 rings (SSSR count). The molecule has 2 aliphatic heterocycles. The summed E-state index contributed by atoms with van der Waals surface area (Å²) >= 11 is 0. The third kappa shape index (κ3) is 4.70. The van der Waals surface area contributed by atoms with Gasteiger partial charge in [0.05, 0.1) is 21.8 Å². The molecular formula is C24H32N4O5S. The maximum atomic E-state index is 13.3. The van der Waals surface area contributed by atoms with Crippen molar-refractivity contribution < 1.29 is 22.7 Å². The number of carbonyl (C=O) groups excluding carboxylic acids is 1. The number of anilines is 2. The number of piperazine rings is 1. The van der Waals surface area contributed by atoms with Gasteiger partial charge in [-0.05, 0) is 36.9 Å². The van der Waals surface area contributed by atoms with Crippen LogP contribution >= 0.6 is 0 Å². The van der Waals surface area contributed by atoms with Crippen LogP contribution in [0.25, 0.3) is 0 Å². The molecule has 0 unspecified atom stereocenters. The number of para-hydroxylation sites is 1. The minimum atomic E-state index is -3.68. The second-order valence-corrected chi connectivity index (χ2v) is 10.1. The summed E-state index contributed by atoms with van der Waals surface area (Å²) in [4.78, 5) is 18.0. The van der Waals surface area contributed by atoms with Gasteiger partial charge in [-0.3, -0.25) is 4.79 Å². The van der Waals surface area contributed by atoms with E-state index in [9.17, 15) is 13.2 Å². The Balaban J connectivity index is 1.70. The number of nitrogens with zero attached hydrogens (tertiary/aromatic N) is 3.